The van der Waals surface area contributed by atoms with E-state index < -0.39 is 0 Å². The third-order valence-electron chi connectivity index (χ3n) is 2.92. The molecule has 3 rings (SSSR count). The van der Waals surface area contributed by atoms with Gasteiger partial charge < -0.3 is 5.32 Å². The maximum atomic E-state index is 12.1. The third-order valence-corrected chi connectivity index (χ3v) is 7.43. The summed E-state index contributed by atoms with van der Waals surface area (Å²) in [6.45, 7) is 1.40. The Hall–Kier alpha value is -1.54. The zero-order chi connectivity index (χ0) is 19.9. The Kier molecular flexibility index (Phi) is 7.79. The van der Waals surface area contributed by atoms with Crippen molar-refractivity contribution >= 4 is 84.2 Å². The molecule has 0 bridgehead atoms. The lowest BCUT2D eigenvalue weighted by Gasteiger charge is -1.99. The van der Waals surface area contributed by atoms with Crippen LogP contribution in [-0.2, 0) is 15.3 Å². The monoisotopic (exact) mass is 516 g/mol. The maximum absolute atomic E-state index is 12.1. The molecule has 0 spiro atoms. The van der Waals surface area contributed by atoms with E-state index in [-0.39, 0.29) is 17.6 Å². The second-order valence-corrected chi connectivity index (χ2v) is 10.5. The van der Waals surface area contributed by atoms with Gasteiger partial charge in [-0.05, 0) is 17.7 Å². The molecule has 0 radical (unpaired) electrons. The van der Waals surface area contributed by atoms with E-state index in [0.717, 1.165) is 14.6 Å². The second-order valence-electron chi connectivity index (χ2n) is 5.18. The highest BCUT2D eigenvalue weighted by molar-refractivity contribution is 9.10. The number of thioether (sulfide) groups is 2. The zero-order valence-electron chi connectivity index (χ0n) is 14.3. The van der Waals surface area contributed by atoms with Crippen LogP contribution in [0, 0.1) is 0 Å². The molecule has 0 aliphatic heterocycles. The van der Waals surface area contributed by atoms with E-state index in [1.807, 2.05) is 18.2 Å². The number of hydrogen-bond acceptors (Lipinski definition) is 10. The number of nitrogens with one attached hydrogen (secondary N) is 2. The van der Waals surface area contributed by atoms with Gasteiger partial charge in [0.25, 0.3) is 0 Å². The Balaban J connectivity index is 1.44. The number of hydrogen-bond donors (Lipinski definition) is 2. The van der Waals surface area contributed by atoms with Gasteiger partial charge in [0.05, 0.1) is 5.75 Å². The molecule has 0 saturated heterocycles. The van der Waals surface area contributed by atoms with Crippen LogP contribution in [0.5, 0.6) is 0 Å². The molecule has 0 saturated carbocycles. The van der Waals surface area contributed by atoms with Crippen LogP contribution in [0.3, 0.4) is 0 Å². The third kappa shape index (κ3) is 6.81. The van der Waals surface area contributed by atoms with Crippen molar-refractivity contribution in [2.75, 3.05) is 16.4 Å². The number of aromatic nitrogens is 4. The predicted octanol–water partition coefficient (Wildman–Crippen LogP) is 4.13. The lowest BCUT2D eigenvalue weighted by Crippen LogP contribution is -2.13. The van der Waals surface area contributed by atoms with E-state index in [1.54, 1.807) is 11.8 Å². The smallest absolute Gasteiger partial charge is 0.236 e. The summed E-state index contributed by atoms with van der Waals surface area (Å²) in [5.74, 6) is 0.511. The Morgan fingerprint density at radius 2 is 1.71 bits per heavy atom. The number of carbonyl (C=O) groups is 2. The van der Waals surface area contributed by atoms with Crippen molar-refractivity contribution in [3.05, 3.63) is 34.3 Å². The first-order chi connectivity index (χ1) is 13.5. The number of carbonyl (C=O) groups excluding carboxylic acids is 2. The van der Waals surface area contributed by atoms with Gasteiger partial charge in [0.2, 0.25) is 22.1 Å². The highest BCUT2D eigenvalue weighted by atomic mass is 79.9. The lowest BCUT2D eigenvalue weighted by molar-refractivity contribution is -0.114. The minimum Gasteiger partial charge on any atom is -0.301 e. The minimum absolute atomic E-state index is 0.162. The highest BCUT2D eigenvalue weighted by Crippen LogP contribution is 2.29. The van der Waals surface area contributed by atoms with Gasteiger partial charge in [0, 0.05) is 17.1 Å². The van der Waals surface area contributed by atoms with Crippen LogP contribution < -0.4 is 10.6 Å². The summed E-state index contributed by atoms with van der Waals surface area (Å²) >= 11 is 8.80. The first-order valence-corrected chi connectivity index (χ1v) is 12.1. The van der Waals surface area contributed by atoms with Crippen LogP contribution >= 0.6 is 62.1 Å². The molecule has 2 amide bonds. The fraction of sp³-hybridized carbons (Fsp3) is 0.200. The average Bonchev–Trinajstić information content (AvgIpc) is 3.27. The van der Waals surface area contributed by atoms with Gasteiger partial charge in [0.1, 0.15) is 0 Å². The van der Waals surface area contributed by atoms with Crippen molar-refractivity contribution in [3.8, 4) is 0 Å². The molecule has 0 aliphatic rings. The summed E-state index contributed by atoms with van der Waals surface area (Å²) in [4.78, 5) is 23.1. The topological polar surface area (TPSA) is 110 Å². The molecule has 0 fully saturated rings. The Morgan fingerprint density at radius 3 is 2.39 bits per heavy atom. The van der Waals surface area contributed by atoms with Crippen LogP contribution in [-0.4, -0.2) is 38.0 Å². The molecular formula is C15H13BrN6O2S4. The van der Waals surface area contributed by atoms with E-state index in [9.17, 15) is 9.59 Å². The van der Waals surface area contributed by atoms with Crippen molar-refractivity contribution in [1.29, 1.82) is 0 Å². The molecule has 1 aromatic carbocycles. The summed E-state index contributed by atoms with van der Waals surface area (Å²) in [6, 6.07) is 8.07. The van der Waals surface area contributed by atoms with Crippen LogP contribution in [0.15, 0.2) is 37.4 Å². The van der Waals surface area contributed by atoms with Crippen LogP contribution in [0.4, 0.5) is 10.3 Å². The minimum atomic E-state index is -0.213. The number of anilines is 2. The van der Waals surface area contributed by atoms with Crippen molar-refractivity contribution in [3.63, 3.8) is 0 Å². The van der Waals surface area contributed by atoms with Gasteiger partial charge in [-0.25, -0.2) is 0 Å². The van der Waals surface area contributed by atoms with E-state index in [1.165, 1.54) is 46.9 Å². The molecule has 8 nitrogen and oxygen atoms in total. The summed E-state index contributed by atoms with van der Waals surface area (Å²) in [6.07, 6.45) is 0. The molecule has 146 valence electrons. The molecule has 2 N–H and O–H groups in total. The Labute approximate surface area is 185 Å². The van der Waals surface area contributed by atoms with E-state index in [4.69, 9.17) is 0 Å². The molecule has 2 heterocycles. The van der Waals surface area contributed by atoms with Crippen LogP contribution in [0.25, 0.3) is 0 Å². The molecule has 28 heavy (non-hydrogen) atoms. The Bertz CT molecular complexity index is 979. The van der Waals surface area contributed by atoms with Gasteiger partial charge in [-0.1, -0.05) is 74.3 Å². The predicted molar refractivity (Wildman–Crippen MR) is 117 cm³/mol. The van der Waals surface area contributed by atoms with Crippen molar-refractivity contribution in [2.45, 2.75) is 21.4 Å². The first-order valence-electron chi connectivity index (χ1n) is 7.72. The van der Waals surface area contributed by atoms with Gasteiger partial charge in [-0.2, -0.15) is 0 Å². The van der Waals surface area contributed by atoms with Crippen molar-refractivity contribution in [2.24, 2.45) is 0 Å². The van der Waals surface area contributed by atoms with Gasteiger partial charge >= 0.3 is 0 Å². The molecule has 0 atom stereocenters. The largest absolute Gasteiger partial charge is 0.301 e. The highest BCUT2D eigenvalue weighted by Gasteiger charge is 2.12. The number of benzene rings is 1. The van der Waals surface area contributed by atoms with Gasteiger partial charge in [-0.15, -0.1) is 20.4 Å². The normalized spacial score (nSPS) is 10.6. The van der Waals surface area contributed by atoms with Crippen molar-refractivity contribution in [1.82, 2.24) is 20.4 Å². The second kappa shape index (κ2) is 10.3. The zero-order valence-corrected chi connectivity index (χ0v) is 19.2. The molecule has 13 heteroatoms. The van der Waals surface area contributed by atoms with Crippen LogP contribution in [0.1, 0.15) is 12.5 Å². The standard InChI is InChI=1S/C15H13BrN6O2S4/c1-8(23)17-12-19-22-15(27-12)26-7-11(24)18-13-20-21-14(28-13)25-6-9-3-2-4-10(16)5-9/h2-5H,6-7H2,1H3,(H,17,19,23)(H,18,20,24). The Morgan fingerprint density at radius 1 is 1.04 bits per heavy atom. The maximum Gasteiger partial charge on any atom is 0.236 e. The van der Waals surface area contributed by atoms with Gasteiger partial charge in [-0.3, -0.25) is 14.9 Å². The van der Waals surface area contributed by atoms with E-state index in [2.05, 4.69) is 53.0 Å². The summed E-state index contributed by atoms with van der Waals surface area (Å²) in [5, 5.41) is 22.0. The number of rotatable bonds is 8. The van der Waals surface area contributed by atoms with Gasteiger partial charge in [0.15, 0.2) is 8.68 Å². The van der Waals surface area contributed by atoms with E-state index >= 15 is 0 Å². The lowest BCUT2D eigenvalue weighted by atomic mass is 10.2. The fourth-order valence-electron chi connectivity index (χ4n) is 1.84. The molecule has 0 aliphatic carbocycles. The molecule has 3 aromatic rings. The van der Waals surface area contributed by atoms with E-state index in [0.29, 0.717) is 14.6 Å². The summed E-state index contributed by atoms with van der Waals surface area (Å²) < 4.78 is 2.42. The van der Waals surface area contributed by atoms with Crippen molar-refractivity contribution < 1.29 is 9.59 Å². The molecule has 0 unspecified atom stereocenters. The number of halogens is 1. The first kappa shape index (κ1) is 21.2. The SMILES string of the molecule is CC(=O)Nc1nnc(SCC(=O)Nc2nnc(SCc3cccc(Br)c3)s2)s1. The summed E-state index contributed by atoms with van der Waals surface area (Å²) in [5.41, 5.74) is 1.17. The average molecular weight is 517 g/mol. The number of nitrogens with zero attached hydrogens (tertiary/aromatic N) is 4. The number of amides is 2. The molecular weight excluding hydrogens is 504 g/mol. The fourth-order valence-corrected chi connectivity index (χ4v) is 5.60. The molecule has 2 aromatic heterocycles. The van der Waals surface area contributed by atoms with Crippen LogP contribution in [0.2, 0.25) is 0 Å². The summed E-state index contributed by atoms with van der Waals surface area (Å²) in [7, 11) is 0. The quantitative estimate of drug-likeness (QED) is 0.339.